The molecule has 104 valence electrons. The average molecular weight is 268 g/mol. The molecule has 1 aliphatic rings. The zero-order valence-corrected chi connectivity index (χ0v) is 10.4. The highest BCUT2D eigenvalue weighted by molar-refractivity contribution is 6.02. The minimum Gasteiger partial charge on any atom is -0.492 e. The van der Waals surface area contributed by atoms with Crippen LogP contribution in [0.25, 0.3) is 0 Å². The summed E-state index contributed by atoms with van der Waals surface area (Å²) in [5.74, 6) is 1.15. The first-order valence-electron chi connectivity index (χ1n) is 6.07. The minimum atomic E-state index is -0.147. The zero-order valence-electron chi connectivity index (χ0n) is 10.4. The third-order valence-electron chi connectivity index (χ3n) is 2.61. The Labute approximate surface area is 110 Å². The van der Waals surface area contributed by atoms with Crippen molar-refractivity contribution >= 4 is 5.78 Å². The molecular weight excluding hydrogens is 252 g/mol. The van der Waals surface area contributed by atoms with Gasteiger partial charge >= 0.3 is 0 Å². The number of carbonyl (C=O) groups excluding carboxylic acids is 1. The van der Waals surface area contributed by atoms with Gasteiger partial charge in [0.25, 0.3) is 0 Å². The lowest BCUT2D eigenvalue weighted by atomic mass is 10.0. The van der Waals surface area contributed by atoms with Crippen LogP contribution in [0.3, 0.4) is 0 Å². The lowest BCUT2D eigenvalue weighted by Gasteiger charge is -2.20. The standard InChI is InChI=1S/C13H16O6/c14-2-5-17-9-7-11-13(10(16)1-4-18-11)12(8-9)19-6-3-15/h7-8,14-15H,1-6H2. The van der Waals surface area contributed by atoms with Gasteiger partial charge in [-0.15, -0.1) is 0 Å². The topological polar surface area (TPSA) is 85.2 Å². The van der Waals surface area contributed by atoms with E-state index in [-0.39, 0.29) is 32.2 Å². The Bertz CT molecular complexity index is 457. The van der Waals surface area contributed by atoms with Crippen molar-refractivity contribution in [2.75, 3.05) is 33.0 Å². The van der Waals surface area contributed by atoms with Crippen LogP contribution in [0.5, 0.6) is 17.2 Å². The predicted molar refractivity (Wildman–Crippen MR) is 66.0 cm³/mol. The SMILES string of the molecule is O=C1CCOc2cc(OCCO)cc(OCCO)c21. The Balaban J connectivity index is 2.33. The summed E-state index contributed by atoms with van der Waals surface area (Å²) in [6.45, 7) is 0.305. The van der Waals surface area contributed by atoms with E-state index in [1.54, 1.807) is 12.1 Å². The number of hydrogen-bond acceptors (Lipinski definition) is 6. The third kappa shape index (κ3) is 3.15. The number of ketones is 1. The summed E-state index contributed by atoms with van der Waals surface area (Å²) in [6.07, 6.45) is 0.305. The van der Waals surface area contributed by atoms with E-state index in [1.165, 1.54) is 0 Å². The molecule has 19 heavy (non-hydrogen) atoms. The van der Waals surface area contributed by atoms with Gasteiger partial charge in [-0.1, -0.05) is 0 Å². The molecule has 1 aliphatic heterocycles. The molecule has 0 radical (unpaired) electrons. The molecular formula is C13H16O6. The Morgan fingerprint density at radius 3 is 2.63 bits per heavy atom. The number of fused-ring (bicyclic) bond motifs is 1. The molecule has 0 unspecified atom stereocenters. The molecule has 2 N–H and O–H groups in total. The van der Waals surface area contributed by atoms with Gasteiger partial charge in [0.05, 0.1) is 19.8 Å². The molecule has 6 nitrogen and oxygen atoms in total. The van der Waals surface area contributed by atoms with Crippen molar-refractivity contribution in [3.05, 3.63) is 17.7 Å². The quantitative estimate of drug-likeness (QED) is 0.776. The van der Waals surface area contributed by atoms with E-state index in [0.29, 0.717) is 35.8 Å². The molecule has 0 aromatic heterocycles. The van der Waals surface area contributed by atoms with Gasteiger partial charge in [-0.25, -0.2) is 0 Å². The second-order valence-electron chi connectivity index (χ2n) is 3.96. The van der Waals surface area contributed by atoms with Crippen LogP contribution in [-0.4, -0.2) is 49.0 Å². The molecule has 6 heteroatoms. The number of aliphatic hydroxyl groups excluding tert-OH is 2. The van der Waals surface area contributed by atoms with E-state index in [0.717, 1.165) is 0 Å². The Hall–Kier alpha value is -1.79. The monoisotopic (exact) mass is 268 g/mol. The fraction of sp³-hybridized carbons (Fsp3) is 0.462. The van der Waals surface area contributed by atoms with Gasteiger partial charge in [0.15, 0.2) is 5.78 Å². The molecule has 0 spiro atoms. The maximum Gasteiger partial charge on any atom is 0.173 e. The molecule has 1 aromatic rings. The largest absolute Gasteiger partial charge is 0.492 e. The number of Topliss-reactive ketones (excluding diaryl/α,β-unsaturated/α-hetero) is 1. The van der Waals surface area contributed by atoms with Crippen molar-refractivity contribution in [2.24, 2.45) is 0 Å². The summed E-state index contributed by atoms with van der Waals surface area (Å²) in [5, 5.41) is 17.5. The van der Waals surface area contributed by atoms with Gasteiger partial charge in [-0.3, -0.25) is 4.79 Å². The smallest absolute Gasteiger partial charge is 0.173 e. The van der Waals surface area contributed by atoms with Gasteiger partial charge in [0, 0.05) is 18.6 Å². The van der Waals surface area contributed by atoms with Gasteiger partial charge in [-0.2, -0.15) is 0 Å². The maximum absolute atomic E-state index is 11.9. The molecule has 0 bridgehead atoms. The van der Waals surface area contributed by atoms with Crippen LogP contribution >= 0.6 is 0 Å². The van der Waals surface area contributed by atoms with Gasteiger partial charge in [0.2, 0.25) is 0 Å². The molecule has 0 saturated heterocycles. The van der Waals surface area contributed by atoms with E-state index in [4.69, 9.17) is 24.4 Å². The normalized spacial score (nSPS) is 13.7. The molecule has 0 saturated carbocycles. The van der Waals surface area contributed by atoms with E-state index in [2.05, 4.69) is 0 Å². The summed E-state index contributed by atoms with van der Waals surface area (Å²) < 4.78 is 16.1. The second kappa shape index (κ2) is 6.40. The van der Waals surface area contributed by atoms with Crippen LogP contribution in [0.15, 0.2) is 12.1 Å². The summed E-state index contributed by atoms with van der Waals surface area (Å²) >= 11 is 0. The van der Waals surface area contributed by atoms with Crippen molar-refractivity contribution in [1.29, 1.82) is 0 Å². The molecule has 0 aliphatic carbocycles. The Kier molecular flexibility index (Phi) is 4.59. The van der Waals surface area contributed by atoms with E-state index in [1.807, 2.05) is 0 Å². The molecule has 0 atom stereocenters. The van der Waals surface area contributed by atoms with Crippen LogP contribution < -0.4 is 14.2 Å². The first kappa shape index (κ1) is 13.6. The summed E-state index contributed by atoms with van der Waals surface area (Å²) in [7, 11) is 0. The highest BCUT2D eigenvalue weighted by atomic mass is 16.5. The zero-order chi connectivity index (χ0) is 13.7. The molecule has 0 amide bonds. The van der Waals surface area contributed by atoms with Crippen LogP contribution in [0.4, 0.5) is 0 Å². The van der Waals surface area contributed by atoms with E-state index >= 15 is 0 Å². The average Bonchev–Trinajstić information content (AvgIpc) is 2.42. The molecule has 1 heterocycles. The summed E-state index contributed by atoms with van der Waals surface area (Å²) in [4.78, 5) is 11.9. The first-order valence-corrected chi connectivity index (χ1v) is 6.07. The van der Waals surface area contributed by atoms with E-state index in [9.17, 15) is 4.79 Å². The van der Waals surface area contributed by atoms with E-state index < -0.39 is 0 Å². The number of ether oxygens (including phenoxy) is 3. The summed E-state index contributed by atoms with van der Waals surface area (Å²) in [5.41, 5.74) is 0.385. The number of hydrogen-bond donors (Lipinski definition) is 2. The van der Waals surface area contributed by atoms with Crippen LogP contribution in [-0.2, 0) is 0 Å². The minimum absolute atomic E-state index is 0.0529. The second-order valence-corrected chi connectivity index (χ2v) is 3.96. The number of carbonyl (C=O) groups is 1. The van der Waals surface area contributed by atoms with Crippen molar-refractivity contribution < 1.29 is 29.2 Å². The highest BCUT2D eigenvalue weighted by Gasteiger charge is 2.24. The summed E-state index contributed by atoms with van der Waals surface area (Å²) in [6, 6.07) is 3.17. The lowest BCUT2D eigenvalue weighted by molar-refractivity contribution is 0.0925. The van der Waals surface area contributed by atoms with Crippen LogP contribution in [0.2, 0.25) is 0 Å². The number of benzene rings is 1. The van der Waals surface area contributed by atoms with Crippen molar-refractivity contribution in [3.63, 3.8) is 0 Å². The van der Waals surface area contributed by atoms with Gasteiger partial charge < -0.3 is 24.4 Å². The van der Waals surface area contributed by atoms with Crippen molar-refractivity contribution in [3.8, 4) is 17.2 Å². The Morgan fingerprint density at radius 2 is 1.89 bits per heavy atom. The number of rotatable bonds is 6. The highest BCUT2D eigenvalue weighted by Crippen LogP contribution is 2.37. The number of aliphatic hydroxyl groups is 2. The predicted octanol–water partition coefficient (Wildman–Crippen LogP) is 0.394. The fourth-order valence-electron chi connectivity index (χ4n) is 1.85. The third-order valence-corrected chi connectivity index (χ3v) is 2.61. The fourth-order valence-corrected chi connectivity index (χ4v) is 1.85. The van der Waals surface area contributed by atoms with Gasteiger partial charge in [0.1, 0.15) is 36.0 Å². The van der Waals surface area contributed by atoms with Crippen LogP contribution in [0.1, 0.15) is 16.8 Å². The Morgan fingerprint density at radius 1 is 1.16 bits per heavy atom. The lowest BCUT2D eigenvalue weighted by Crippen LogP contribution is -2.17. The molecule has 1 aromatic carbocycles. The molecule has 0 fully saturated rings. The van der Waals surface area contributed by atoms with Crippen LogP contribution in [0, 0.1) is 0 Å². The van der Waals surface area contributed by atoms with Gasteiger partial charge in [-0.05, 0) is 0 Å². The molecule has 2 rings (SSSR count). The van der Waals surface area contributed by atoms with Crippen molar-refractivity contribution in [2.45, 2.75) is 6.42 Å². The van der Waals surface area contributed by atoms with Crippen molar-refractivity contribution in [1.82, 2.24) is 0 Å². The first-order chi connectivity index (χ1) is 9.26. The maximum atomic E-state index is 11.9.